The maximum atomic E-state index is 13.1. The van der Waals surface area contributed by atoms with Crippen LogP contribution < -0.4 is 5.32 Å². The Kier molecular flexibility index (Phi) is 5.70. The van der Waals surface area contributed by atoms with Crippen molar-refractivity contribution in [2.75, 3.05) is 18.9 Å². The van der Waals surface area contributed by atoms with Crippen molar-refractivity contribution in [3.8, 4) is 5.00 Å². The van der Waals surface area contributed by atoms with Gasteiger partial charge in [-0.05, 0) is 62.6 Å². The highest BCUT2D eigenvalue weighted by molar-refractivity contribution is 7.15. The number of amides is 2. The molecule has 0 bridgehead atoms. The second-order valence-electron chi connectivity index (χ2n) is 7.01. The maximum absolute atomic E-state index is 13.1. The molecule has 0 fully saturated rings. The number of hydrogen-bond donors (Lipinski definition) is 1. The van der Waals surface area contributed by atoms with Gasteiger partial charge < -0.3 is 14.8 Å². The highest BCUT2D eigenvalue weighted by Crippen LogP contribution is 2.31. The molecular weight excluding hydrogens is 370 g/mol. The van der Waals surface area contributed by atoms with Gasteiger partial charge in [-0.3, -0.25) is 9.59 Å². The topological polar surface area (TPSA) is 54.3 Å². The summed E-state index contributed by atoms with van der Waals surface area (Å²) in [6.07, 6.45) is 3.85. The van der Waals surface area contributed by atoms with Crippen molar-refractivity contribution in [1.82, 2.24) is 9.47 Å². The molecule has 0 radical (unpaired) electrons. The largest absolute Gasteiger partial charge is 0.332 e. The fraction of sp³-hybridized carbons (Fsp3) is 0.273. The van der Waals surface area contributed by atoms with E-state index in [1.54, 1.807) is 18.4 Å². The minimum Gasteiger partial charge on any atom is -0.332 e. The lowest BCUT2D eigenvalue weighted by atomic mass is 10.1. The first-order valence-corrected chi connectivity index (χ1v) is 9.96. The number of likely N-dealkylation sites (N-methyl/N-ethyl adjacent to an activating group) is 1. The summed E-state index contributed by atoms with van der Waals surface area (Å²) in [7, 11) is 1.66. The summed E-state index contributed by atoms with van der Waals surface area (Å²) in [4.78, 5) is 28.2. The average Bonchev–Trinajstić information content (AvgIpc) is 3.27. The van der Waals surface area contributed by atoms with E-state index in [9.17, 15) is 9.59 Å². The Hall–Kier alpha value is -2.86. The van der Waals surface area contributed by atoms with Crippen molar-refractivity contribution in [3.05, 3.63) is 69.9 Å². The van der Waals surface area contributed by atoms with Gasteiger partial charge in [0.2, 0.25) is 5.91 Å². The second-order valence-corrected chi connectivity index (χ2v) is 8.21. The van der Waals surface area contributed by atoms with Crippen molar-refractivity contribution in [2.45, 2.75) is 27.7 Å². The van der Waals surface area contributed by atoms with Crippen molar-refractivity contribution < 1.29 is 9.59 Å². The number of aryl methyl sites for hydroxylation is 2. The van der Waals surface area contributed by atoms with Gasteiger partial charge in [-0.2, -0.15) is 0 Å². The van der Waals surface area contributed by atoms with Crippen molar-refractivity contribution in [1.29, 1.82) is 0 Å². The van der Waals surface area contributed by atoms with Gasteiger partial charge >= 0.3 is 0 Å². The number of hydrogen-bond acceptors (Lipinski definition) is 3. The smallest absolute Gasteiger partial charge is 0.257 e. The Morgan fingerprint density at radius 1 is 1.04 bits per heavy atom. The van der Waals surface area contributed by atoms with E-state index in [-0.39, 0.29) is 18.4 Å². The fourth-order valence-electron chi connectivity index (χ4n) is 3.07. The van der Waals surface area contributed by atoms with Crippen LogP contribution in [0.15, 0.2) is 42.7 Å². The molecule has 28 heavy (non-hydrogen) atoms. The first-order chi connectivity index (χ1) is 13.3. The van der Waals surface area contributed by atoms with Crippen LogP contribution in [-0.2, 0) is 4.79 Å². The highest BCUT2D eigenvalue weighted by atomic mass is 32.1. The molecular formula is C22H25N3O2S. The summed E-state index contributed by atoms with van der Waals surface area (Å²) in [5.74, 6) is -0.363. The predicted molar refractivity (Wildman–Crippen MR) is 115 cm³/mol. The maximum Gasteiger partial charge on any atom is 0.257 e. The van der Waals surface area contributed by atoms with Crippen molar-refractivity contribution >= 4 is 28.8 Å². The monoisotopic (exact) mass is 395 g/mol. The van der Waals surface area contributed by atoms with Crippen LogP contribution in [0, 0.1) is 27.7 Å². The highest BCUT2D eigenvalue weighted by Gasteiger charge is 2.24. The summed E-state index contributed by atoms with van der Waals surface area (Å²) in [6, 6.07) is 9.65. The molecule has 146 valence electrons. The number of rotatable bonds is 5. The summed E-state index contributed by atoms with van der Waals surface area (Å²) in [6.45, 7) is 7.94. The molecule has 3 aromatic rings. The Bertz CT molecular complexity index is 1020. The number of anilines is 1. The van der Waals surface area contributed by atoms with Crippen LogP contribution in [-0.4, -0.2) is 34.9 Å². The van der Waals surface area contributed by atoms with E-state index in [0.29, 0.717) is 5.56 Å². The molecule has 1 N–H and O–H groups in total. The number of carbonyl (C=O) groups is 2. The number of aromatic nitrogens is 1. The number of thiophene rings is 1. The van der Waals surface area contributed by atoms with Gasteiger partial charge in [0.15, 0.2) is 0 Å². The molecule has 2 heterocycles. The van der Waals surface area contributed by atoms with E-state index in [4.69, 9.17) is 0 Å². The lowest BCUT2D eigenvalue weighted by Crippen LogP contribution is -2.35. The van der Waals surface area contributed by atoms with Crippen LogP contribution in [0.25, 0.3) is 5.00 Å². The van der Waals surface area contributed by atoms with E-state index < -0.39 is 0 Å². The van der Waals surface area contributed by atoms with Crippen LogP contribution >= 0.6 is 11.3 Å². The summed E-state index contributed by atoms with van der Waals surface area (Å²) in [5, 5.41) is 3.80. The average molecular weight is 396 g/mol. The van der Waals surface area contributed by atoms with E-state index in [2.05, 4.69) is 5.32 Å². The van der Waals surface area contributed by atoms with Gasteiger partial charge in [0.25, 0.3) is 5.91 Å². The zero-order chi connectivity index (χ0) is 20.4. The molecule has 2 amide bonds. The molecule has 0 aliphatic rings. The molecule has 2 aromatic heterocycles. The van der Waals surface area contributed by atoms with Crippen LogP contribution in [0.3, 0.4) is 0 Å². The van der Waals surface area contributed by atoms with Gasteiger partial charge in [0.1, 0.15) is 5.00 Å². The summed E-state index contributed by atoms with van der Waals surface area (Å²) < 4.78 is 1.95. The second kappa shape index (κ2) is 8.02. The molecule has 0 saturated carbocycles. The standard InChI is InChI=1S/C22H25N3O2S/c1-14-9-8-10-18(15(14)2)23-19(26)13-24(5)21(27)20-16(3)17(4)28-22(20)25-11-6-7-12-25/h6-12H,13H2,1-5H3,(H,23,26). The van der Waals surface area contributed by atoms with Gasteiger partial charge in [0.05, 0.1) is 12.1 Å². The van der Waals surface area contributed by atoms with Crippen LogP contribution in [0.1, 0.15) is 31.9 Å². The molecule has 0 aliphatic carbocycles. The van der Waals surface area contributed by atoms with Crippen molar-refractivity contribution in [2.24, 2.45) is 0 Å². The molecule has 5 nitrogen and oxygen atoms in total. The minimum absolute atomic E-state index is 0.00827. The van der Waals surface area contributed by atoms with E-state index in [0.717, 1.165) is 32.3 Å². The molecule has 0 unspecified atom stereocenters. The summed E-state index contributed by atoms with van der Waals surface area (Å²) >= 11 is 1.58. The zero-order valence-corrected chi connectivity index (χ0v) is 17.7. The Labute approximate surface area is 169 Å². The zero-order valence-electron chi connectivity index (χ0n) is 16.9. The predicted octanol–water partition coefficient (Wildman–Crippen LogP) is 4.48. The van der Waals surface area contributed by atoms with Gasteiger partial charge in [-0.25, -0.2) is 0 Å². The molecule has 0 aliphatic heterocycles. The quantitative estimate of drug-likeness (QED) is 0.692. The lowest BCUT2D eigenvalue weighted by molar-refractivity contribution is -0.116. The number of carbonyl (C=O) groups excluding carboxylic acids is 2. The van der Waals surface area contributed by atoms with E-state index in [1.165, 1.54) is 4.90 Å². The first-order valence-electron chi connectivity index (χ1n) is 9.14. The number of nitrogens with zero attached hydrogens (tertiary/aromatic N) is 2. The molecule has 0 saturated heterocycles. The Morgan fingerprint density at radius 3 is 2.39 bits per heavy atom. The Morgan fingerprint density at radius 2 is 1.71 bits per heavy atom. The van der Waals surface area contributed by atoms with Crippen LogP contribution in [0.5, 0.6) is 0 Å². The first kappa shape index (κ1) is 19.9. The van der Waals surface area contributed by atoms with Gasteiger partial charge in [-0.15, -0.1) is 11.3 Å². The molecule has 0 atom stereocenters. The third-order valence-corrected chi connectivity index (χ3v) is 6.25. The lowest BCUT2D eigenvalue weighted by Gasteiger charge is -2.19. The molecule has 0 spiro atoms. The minimum atomic E-state index is -0.211. The third kappa shape index (κ3) is 3.87. The molecule has 3 rings (SSSR count). The van der Waals surface area contributed by atoms with Crippen LogP contribution in [0.2, 0.25) is 0 Å². The number of nitrogens with one attached hydrogen (secondary N) is 1. The van der Waals surface area contributed by atoms with E-state index >= 15 is 0 Å². The normalized spacial score (nSPS) is 10.8. The number of benzene rings is 1. The van der Waals surface area contributed by atoms with Gasteiger partial charge in [0, 0.05) is 30.0 Å². The van der Waals surface area contributed by atoms with Crippen molar-refractivity contribution in [3.63, 3.8) is 0 Å². The molecule has 6 heteroatoms. The SMILES string of the molecule is Cc1cccc(NC(=O)CN(C)C(=O)c2c(-n3cccc3)sc(C)c2C)c1C. The van der Waals surface area contributed by atoms with E-state index in [1.807, 2.05) is 75.0 Å². The Balaban J connectivity index is 1.78. The van der Waals surface area contributed by atoms with Gasteiger partial charge in [-0.1, -0.05) is 12.1 Å². The molecule has 1 aromatic carbocycles. The summed E-state index contributed by atoms with van der Waals surface area (Å²) in [5.41, 5.74) is 4.54. The van der Waals surface area contributed by atoms with Crippen LogP contribution in [0.4, 0.5) is 5.69 Å². The fourth-order valence-corrected chi connectivity index (χ4v) is 4.18. The third-order valence-electron chi connectivity index (χ3n) is 5.03.